The van der Waals surface area contributed by atoms with Crippen molar-refractivity contribution in [3.05, 3.63) is 23.8 Å². The summed E-state index contributed by atoms with van der Waals surface area (Å²) in [6, 6.07) is 5.44. The number of thioether (sulfide) groups is 1. The first-order valence-corrected chi connectivity index (χ1v) is 7.90. The molecule has 1 aliphatic rings. The minimum atomic E-state index is -3.55. The lowest BCUT2D eigenvalue weighted by Gasteiger charge is -2.18. The molecule has 92 valence electrons. The highest BCUT2D eigenvalue weighted by Gasteiger charge is 2.25. The lowest BCUT2D eigenvalue weighted by Crippen LogP contribution is -2.18. The van der Waals surface area contributed by atoms with E-state index in [0.717, 1.165) is 5.56 Å². The molecule has 2 rings (SSSR count). The van der Waals surface area contributed by atoms with Gasteiger partial charge in [-0.2, -0.15) is 8.42 Å². The first-order chi connectivity index (χ1) is 7.94. The topological polar surface area (TPSA) is 58.5 Å². The molecule has 0 saturated heterocycles. The van der Waals surface area contributed by atoms with Crippen LogP contribution in [-0.4, -0.2) is 19.8 Å². The maximum atomic E-state index is 12.0. The predicted octanol–water partition coefficient (Wildman–Crippen LogP) is 2.64. The molecule has 0 unspecified atom stereocenters. The van der Waals surface area contributed by atoms with E-state index in [1.807, 2.05) is 19.9 Å². The summed E-state index contributed by atoms with van der Waals surface area (Å²) in [7, 11) is -3.55. The number of nitrogens with one attached hydrogen (secondary N) is 1. The van der Waals surface area contributed by atoms with Crippen LogP contribution in [0.4, 0.5) is 5.69 Å². The van der Waals surface area contributed by atoms with Crippen LogP contribution >= 0.6 is 11.8 Å². The third kappa shape index (κ3) is 2.32. The molecule has 1 aromatic rings. The number of rotatable bonds is 1. The summed E-state index contributed by atoms with van der Waals surface area (Å²) in [4.78, 5) is 0.265. The van der Waals surface area contributed by atoms with Crippen molar-refractivity contribution in [1.29, 1.82) is 0 Å². The third-order valence-corrected chi connectivity index (χ3v) is 4.60. The summed E-state index contributed by atoms with van der Waals surface area (Å²) in [5.74, 6) is 0.293. The second kappa shape index (κ2) is 4.34. The van der Waals surface area contributed by atoms with Crippen LogP contribution in [0.5, 0.6) is 0 Å². The van der Waals surface area contributed by atoms with E-state index < -0.39 is 10.0 Å². The van der Waals surface area contributed by atoms with Crippen LogP contribution in [0.15, 0.2) is 27.5 Å². The lowest BCUT2D eigenvalue weighted by atomic mass is 10.0. The zero-order chi connectivity index (χ0) is 12.6. The highest BCUT2D eigenvalue weighted by Crippen LogP contribution is 2.31. The van der Waals surface area contributed by atoms with Gasteiger partial charge in [0.1, 0.15) is 4.90 Å². The number of fused-ring (bicyclic) bond motifs is 1. The number of amidine groups is 1. The molecule has 0 fully saturated rings. The monoisotopic (exact) mass is 270 g/mol. The van der Waals surface area contributed by atoms with E-state index in [0.29, 0.717) is 16.8 Å². The molecule has 0 aromatic heterocycles. The molecular formula is C11H14N2O2S2. The average Bonchev–Trinajstić information content (AvgIpc) is 2.27. The van der Waals surface area contributed by atoms with Crippen LogP contribution in [0.2, 0.25) is 0 Å². The minimum Gasteiger partial charge on any atom is -0.333 e. The van der Waals surface area contributed by atoms with Gasteiger partial charge in [-0.3, -0.25) is 0 Å². The molecule has 0 aliphatic carbocycles. The van der Waals surface area contributed by atoms with Crippen molar-refractivity contribution in [3.63, 3.8) is 0 Å². The fourth-order valence-corrected chi connectivity index (χ4v) is 3.45. The van der Waals surface area contributed by atoms with E-state index in [-0.39, 0.29) is 4.90 Å². The SMILES string of the molecule is CSC1=NS(=O)(=O)c2cc(C(C)C)ccc2N1. The van der Waals surface area contributed by atoms with E-state index in [4.69, 9.17) is 0 Å². The van der Waals surface area contributed by atoms with E-state index in [9.17, 15) is 8.42 Å². The summed E-state index contributed by atoms with van der Waals surface area (Å²) in [6.07, 6.45) is 1.79. The molecule has 0 bridgehead atoms. The molecule has 0 atom stereocenters. The van der Waals surface area contributed by atoms with Crippen molar-refractivity contribution in [2.45, 2.75) is 24.7 Å². The Morgan fingerprint density at radius 3 is 2.65 bits per heavy atom. The van der Waals surface area contributed by atoms with Crippen LogP contribution in [0.25, 0.3) is 0 Å². The molecular weight excluding hydrogens is 256 g/mol. The Morgan fingerprint density at radius 2 is 2.06 bits per heavy atom. The molecule has 1 aliphatic heterocycles. The van der Waals surface area contributed by atoms with Crippen LogP contribution in [-0.2, 0) is 10.0 Å². The minimum absolute atomic E-state index is 0.265. The second-order valence-corrected chi connectivity index (χ2v) is 6.48. The van der Waals surface area contributed by atoms with Crippen LogP contribution in [0.3, 0.4) is 0 Å². The van der Waals surface area contributed by atoms with Gasteiger partial charge in [-0.25, -0.2) is 0 Å². The van der Waals surface area contributed by atoms with E-state index in [1.165, 1.54) is 11.8 Å². The highest BCUT2D eigenvalue weighted by atomic mass is 32.2. The molecule has 0 spiro atoms. The van der Waals surface area contributed by atoms with Crippen molar-refractivity contribution in [1.82, 2.24) is 0 Å². The lowest BCUT2D eigenvalue weighted by molar-refractivity contribution is 0.597. The van der Waals surface area contributed by atoms with Crippen LogP contribution < -0.4 is 5.32 Å². The van der Waals surface area contributed by atoms with E-state index >= 15 is 0 Å². The van der Waals surface area contributed by atoms with Gasteiger partial charge in [-0.05, 0) is 29.9 Å². The van der Waals surface area contributed by atoms with Crippen molar-refractivity contribution in [2.75, 3.05) is 11.6 Å². The molecule has 4 nitrogen and oxygen atoms in total. The fourth-order valence-electron chi connectivity index (χ4n) is 1.60. The fraction of sp³-hybridized carbons (Fsp3) is 0.364. The van der Waals surface area contributed by atoms with Gasteiger partial charge < -0.3 is 5.32 Å². The summed E-state index contributed by atoms with van der Waals surface area (Å²) in [5.41, 5.74) is 1.60. The van der Waals surface area contributed by atoms with E-state index in [2.05, 4.69) is 9.71 Å². The Balaban J connectivity index is 2.58. The molecule has 0 radical (unpaired) electrons. The summed E-state index contributed by atoms with van der Waals surface area (Å²) >= 11 is 1.28. The largest absolute Gasteiger partial charge is 0.333 e. The van der Waals surface area contributed by atoms with Gasteiger partial charge in [0.25, 0.3) is 10.0 Å². The average molecular weight is 270 g/mol. The van der Waals surface area contributed by atoms with Crippen molar-refractivity contribution in [2.24, 2.45) is 4.40 Å². The summed E-state index contributed by atoms with van der Waals surface area (Å²) in [5, 5.41) is 3.41. The number of anilines is 1. The molecule has 17 heavy (non-hydrogen) atoms. The number of sulfonamides is 1. The van der Waals surface area contributed by atoms with Crippen LogP contribution in [0, 0.1) is 0 Å². The molecule has 1 N–H and O–H groups in total. The Bertz CT molecular complexity index is 577. The smallest absolute Gasteiger partial charge is 0.286 e. The number of benzene rings is 1. The van der Waals surface area contributed by atoms with Crippen molar-refractivity contribution >= 4 is 32.6 Å². The molecule has 0 saturated carbocycles. The molecule has 0 amide bonds. The van der Waals surface area contributed by atoms with Gasteiger partial charge in [0.05, 0.1) is 5.69 Å². The van der Waals surface area contributed by atoms with Crippen molar-refractivity contribution < 1.29 is 8.42 Å². The van der Waals surface area contributed by atoms with Crippen LogP contribution in [0.1, 0.15) is 25.3 Å². The Morgan fingerprint density at radius 1 is 1.35 bits per heavy atom. The normalized spacial score (nSPS) is 17.3. The van der Waals surface area contributed by atoms with Gasteiger partial charge in [-0.1, -0.05) is 31.7 Å². The summed E-state index contributed by atoms with van der Waals surface area (Å²) < 4.78 is 27.7. The zero-order valence-electron chi connectivity index (χ0n) is 9.89. The quantitative estimate of drug-likeness (QED) is 0.852. The van der Waals surface area contributed by atoms with Gasteiger partial charge in [0.15, 0.2) is 5.17 Å². The maximum absolute atomic E-state index is 12.0. The second-order valence-electron chi connectivity index (χ2n) is 4.11. The highest BCUT2D eigenvalue weighted by molar-refractivity contribution is 8.14. The molecule has 1 aromatic carbocycles. The molecule has 1 heterocycles. The third-order valence-electron chi connectivity index (χ3n) is 2.59. The van der Waals surface area contributed by atoms with Gasteiger partial charge in [0, 0.05) is 0 Å². The standard InChI is InChI=1S/C11H14N2O2S2/c1-7(2)8-4-5-9-10(6-8)17(14,15)13-11(12-9)16-3/h4-7H,1-3H3,(H,12,13). The zero-order valence-corrected chi connectivity index (χ0v) is 11.5. The number of hydrogen-bond acceptors (Lipinski definition) is 4. The maximum Gasteiger partial charge on any atom is 0.286 e. The van der Waals surface area contributed by atoms with Gasteiger partial charge in [0.2, 0.25) is 0 Å². The first-order valence-electron chi connectivity index (χ1n) is 5.24. The Hall–Kier alpha value is -1.01. The van der Waals surface area contributed by atoms with Gasteiger partial charge >= 0.3 is 0 Å². The predicted molar refractivity (Wildman–Crippen MR) is 72.3 cm³/mol. The molecule has 6 heteroatoms. The Labute approximate surface area is 106 Å². The summed E-state index contributed by atoms with van der Waals surface area (Å²) in [6.45, 7) is 4.06. The van der Waals surface area contributed by atoms with Gasteiger partial charge in [-0.15, -0.1) is 4.40 Å². The number of nitrogens with zero attached hydrogens (tertiary/aromatic N) is 1. The Kier molecular flexibility index (Phi) is 3.18. The van der Waals surface area contributed by atoms with Crippen molar-refractivity contribution in [3.8, 4) is 0 Å². The number of hydrogen-bond donors (Lipinski definition) is 1. The van der Waals surface area contributed by atoms with E-state index in [1.54, 1.807) is 18.4 Å². The first kappa shape index (κ1) is 12.4.